The smallest absolute Gasteiger partial charge is 0.308 e. The predicted molar refractivity (Wildman–Crippen MR) is 56.1 cm³/mol. The lowest BCUT2D eigenvalue weighted by Gasteiger charge is -2.08. The molecule has 0 rings (SSSR count). The fourth-order valence-electron chi connectivity index (χ4n) is 1.31. The Labute approximate surface area is 90.0 Å². The molecule has 0 heterocycles. The van der Waals surface area contributed by atoms with Crippen LogP contribution in [0.1, 0.15) is 39.5 Å². The highest BCUT2D eigenvalue weighted by Gasteiger charge is 2.14. The van der Waals surface area contributed by atoms with Crippen molar-refractivity contribution in [2.75, 3.05) is 7.11 Å². The first kappa shape index (κ1) is 13.9. The molecule has 0 bridgehead atoms. The van der Waals surface area contributed by atoms with E-state index < -0.39 is 6.04 Å². The maximum atomic E-state index is 11.0. The summed E-state index contributed by atoms with van der Waals surface area (Å²) in [7, 11) is 1.37. The van der Waals surface area contributed by atoms with Crippen molar-refractivity contribution >= 4 is 5.97 Å². The van der Waals surface area contributed by atoms with Gasteiger partial charge in [-0.2, -0.15) is 0 Å². The number of ether oxygens (including phenoxy) is 1. The van der Waals surface area contributed by atoms with Crippen molar-refractivity contribution in [3.05, 3.63) is 10.1 Å². The SMILES string of the molecule is COC(=O)[C@@H](C)CCCC[C@@H](C)[N+](=O)[O-]. The van der Waals surface area contributed by atoms with E-state index in [0.717, 1.165) is 19.3 Å². The Balaban J connectivity index is 3.54. The van der Waals surface area contributed by atoms with Crippen molar-refractivity contribution in [2.24, 2.45) is 5.92 Å². The number of rotatable bonds is 7. The summed E-state index contributed by atoms with van der Waals surface area (Å²) in [5.74, 6) is -0.321. The van der Waals surface area contributed by atoms with Gasteiger partial charge in [-0.05, 0) is 12.8 Å². The first-order valence-electron chi connectivity index (χ1n) is 5.20. The number of nitrogens with zero attached hydrogens (tertiary/aromatic N) is 1. The highest BCUT2D eigenvalue weighted by atomic mass is 16.6. The summed E-state index contributed by atoms with van der Waals surface area (Å²) < 4.78 is 4.58. The van der Waals surface area contributed by atoms with E-state index in [4.69, 9.17) is 0 Å². The van der Waals surface area contributed by atoms with Gasteiger partial charge in [0, 0.05) is 18.3 Å². The fourth-order valence-corrected chi connectivity index (χ4v) is 1.31. The van der Waals surface area contributed by atoms with Gasteiger partial charge in [0.1, 0.15) is 0 Å². The van der Waals surface area contributed by atoms with Crippen LogP contribution in [-0.2, 0) is 9.53 Å². The number of nitro groups is 1. The van der Waals surface area contributed by atoms with Gasteiger partial charge in [0.15, 0.2) is 0 Å². The largest absolute Gasteiger partial charge is 0.469 e. The minimum absolute atomic E-state index is 0.110. The first-order valence-corrected chi connectivity index (χ1v) is 5.20. The highest BCUT2D eigenvalue weighted by molar-refractivity contribution is 5.71. The second-order valence-electron chi connectivity index (χ2n) is 3.84. The van der Waals surface area contributed by atoms with Gasteiger partial charge >= 0.3 is 5.97 Å². The Bertz CT molecular complexity index is 217. The Morgan fingerprint density at radius 2 is 1.87 bits per heavy atom. The molecule has 0 N–H and O–H groups in total. The maximum absolute atomic E-state index is 11.0. The van der Waals surface area contributed by atoms with Crippen molar-refractivity contribution in [1.29, 1.82) is 0 Å². The second kappa shape index (κ2) is 7.20. The van der Waals surface area contributed by atoms with E-state index in [1.807, 2.05) is 6.92 Å². The molecule has 0 unspecified atom stereocenters. The first-order chi connectivity index (χ1) is 6.99. The molecule has 0 saturated heterocycles. The molecule has 0 aliphatic carbocycles. The van der Waals surface area contributed by atoms with Gasteiger partial charge < -0.3 is 4.74 Å². The summed E-state index contributed by atoms with van der Waals surface area (Å²) in [6.07, 6.45) is 2.91. The predicted octanol–water partition coefficient (Wildman–Crippen LogP) is 2.02. The van der Waals surface area contributed by atoms with Gasteiger partial charge in [0.05, 0.1) is 13.0 Å². The second-order valence-corrected chi connectivity index (χ2v) is 3.84. The molecule has 88 valence electrons. The van der Waals surface area contributed by atoms with Crippen molar-refractivity contribution in [2.45, 2.75) is 45.6 Å². The summed E-state index contributed by atoms with van der Waals surface area (Å²) in [4.78, 5) is 21.1. The van der Waals surface area contributed by atoms with E-state index >= 15 is 0 Å². The molecular formula is C10H19NO4. The minimum atomic E-state index is -0.488. The molecule has 0 amide bonds. The summed E-state index contributed by atoms with van der Waals surface area (Å²) >= 11 is 0. The zero-order valence-corrected chi connectivity index (χ0v) is 9.56. The van der Waals surface area contributed by atoms with Crippen LogP contribution in [0.25, 0.3) is 0 Å². The third-order valence-corrected chi connectivity index (χ3v) is 2.47. The summed E-state index contributed by atoms with van der Waals surface area (Å²) in [6, 6.07) is -0.488. The molecule has 0 aromatic carbocycles. The van der Waals surface area contributed by atoms with Gasteiger partial charge in [-0.3, -0.25) is 14.9 Å². The Kier molecular flexibility index (Phi) is 6.66. The lowest BCUT2D eigenvalue weighted by atomic mass is 10.0. The molecule has 0 saturated carbocycles. The molecule has 0 fully saturated rings. The molecule has 0 radical (unpaired) electrons. The number of hydrogen-bond acceptors (Lipinski definition) is 4. The van der Waals surface area contributed by atoms with E-state index in [2.05, 4.69) is 4.74 Å². The molecule has 0 aliphatic heterocycles. The number of carbonyl (C=O) groups is 1. The molecule has 0 aromatic rings. The number of methoxy groups -OCH3 is 1. The lowest BCUT2D eigenvalue weighted by molar-refractivity contribution is -0.519. The molecule has 0 spiro atoms. The van der Waals surface area contributed by atoms with Gasteiger partial charge in [-0.25, -0.2) is 0 Å². The van der Waals surface area contributed by atoms with Gasteiger partial charge in [0.25, 0.3) is 0 Å². The molecule has 0 aromatic heterocycles. The van der Waals surface area contributed by atoms with E-state index in [1.54, 1.807) is 6.92 Å². The molecule has 2 atom stereocenters. The zero-order chi connectivity index (χ0) is 11.8. The highest BCUT2D eigenvalue weighted by Crippen LogP contribution is 2.12. The van der Waals surface area contributed by atoms with Crippen molar-refractivity contribution in [3.8, 4) is 0 Å². The lowest BCUT2D eigenvalue weighted by Crippen LogP contribution is -2.15. The summed E-state index contributed by atoms with van der Waals surface area (Å²) in [6.45, 7) is 3.41. The van der Waals surface area contributed by atoms with Gasteiger partial charge in [0.2, 0.25) is 6.04 Å². The van der Waals surface area contributed by atoms with E-state index in [-0.39, 0.29) is 16.8 Å². The van der Waals surface area contributed by atoms with E-state index in [9.17, 15) is 14.9 Å². The molecule has 5 nitrogen and oxygen atoms in total. The average Bonchev–Trinajstić information content (AvgIpc) is 2.22. The van der Waals surface area contributed by atoms with Crippen molar-refractivity contribution < 1.29 is 14.5 Å². The van der Waals surface area contributed by atoms with Crippen LogP contribution in [0.4, 0.5) is 0 Å². The van der Waals surface area contributed by atoms with Crippen LogP contribution < -0.4 is 0 Å². The number of hydrogen-bond donors (Lipinski definition) is 0. The third kappa shape index (κ3) is 6.04. The van der Waals surface area contributed by atoms with Crippen LogP contribution in [-0.4, -0.2) is 24.0 Å². The Morgan fingerprint density at radius 3 is 2.33 bits per heavy atom. The van der Waals surface area contributed by atoms with Gasteiger partial charge in [-0.1, -0.05) is 13.3 Å². The number of carbonyl (C=O) groups excluding carboxylic acids is 1. The Hall–Kier alpha value is -1.13. The van der Waals surface area contributed by atoms with E-state index in [0.29, 0.717) is 6.42 Å². The minimum Gasteiger partial charge on any atom is -0.469 e. The van der Waals surface area contributed by atoms with Crippen molar-refractivity contribution in [1.82, 2.24) is 0 Å². The van der Waals surface area contributed by atoms with Crippen LogP contribution >= 0.6 is 0 Å². The molecule has 5 heteroatoms. The van der Waals surface area contributed by atoms with Crippen LogP contribution in [0.15, 0.2) is 0 Å². The standard InChI is InChI=1S/C10H19NO4/c1-8(10(12)15-3)6-4-5-7-9(2)11(13)14/h8-9H,4-7H2,1-3H3/t8-,9+/m0/s1. The quantitative estimate of drug-likeness (QED) is 0.283. The molecule has 15 heavy (non-hydrogen) atoms. The summed E-state index contributed by atoms with van der Waals surface area (Å²) in [5.41, 5.74) is 0. The fraction of sp³-hybridized carbons (Fsp3) is 0.900. The third-order valence-electron chi connectivity index (χ3n) is 2.47. The average molecular weight is 217 g/mol. The van der Waals surface area contributed by atoms with Crippen molar-refractivity contribution in [3.63, 3.8) is 0 Å². The normalized spacial score (nSPS) is 14.3. The zero-order valence-electron chi connectivity index (χ0n) is 9.56. The topological polar surface area (TPSA) is 69.4 Å². The van der Waals surface area contributed by atoms with E-state index in [1.165, 1.54) is 7.11 Å². The van der Waals surface area contributed by atoms with Gasteiger partial charge in [-0.15, -0.1) is 0 Å². The van der Waals surface area contributed by atoms with Crippen LogP contribution in [0.5, 0.6) is 0 Å². The van der Waals surface area contributed by atoms with Crippen LogP contribution in [0.3, 0.4) is 0 Å². The monoisotopic (exact) mass is 217 g/mol. The molecule has 0 aliphatic rings. The number of esters is 1. The molecular weight excluding hydrogens is 198 g/mol. The maximum Gasteiger partial charge on any atom is 0.308 e. The van der Waals surface area contributed by atoms with Crippen LogP contribution in [0.2, 0.25) is 0 Å². The summed E-state index contributed by atoms with van der Waals surface area (Å²) in [5, 5.41) is 10.3. The number of unbranched alkanes of at least 4 members (excludes halogenated alkanes) is 1. The Morgan fingerprint density at radius 1 is 1.33 bits per heavy atom. The van der Waals surface area contributed by atoms with Crippen LogP contribution in [0, 0.1) is 16.0 Å².